The molecule has 1 heterocycles. The summed E-state index contributed by atoms with van der Waals surface area (Å²) in [5.41, 5.74) is -0.163. The number of aliphatic hydroxyl groups excluding tert-OH is 2. The molecule has 1 amide bonds. The van der Waals surface area contributed by atoms with Crippen molar-refractivity contribution in [2.45, 2.75) is 25.9 Å². The van der Waals surface area contributed by atoms with E-state index in [1.54, 1.807) is 4.90 Å². The summed E-state index contributed by atoms with van der Waals surface area (Å²) in [5.74, 6) is -0.00574. The van der Waals surface area contributed by atoms with Crippen molar-refractivity contribution < 1.29 is 15.0 Å². The van der Waals surface area contributed by atoms with Gasteiger partial charge in [-0.2, -0.15) is 0 Å². The second-order valence-electron chi connectivity index (χ2n) is 4.78. The molecule has 0 aromatic carbocycles. The van der Waals surface area contributed by atoms with Gasteiger partial charge in [-0.25, -0.2) is 0 Å². The third kappa shape index (κ3) is 1.53. The largest absolute Gasteiger partial charge is 0.396 e. The molecule has 80 valence electrons. The van der Waals surface area contributed by atoms with E-state index in [0.717, 1.165) is 12.8 Å². The van der Waals surface area contributed by atoms with E-state index in [1.807, 2.05) is 6.92 Å². The number of hydrogen-bond donors (Lipinski definition) is 2. The average Bonchev–Trinajstić information content (AvgIpc) is 2.79. The molecular weight excluding hydrogens is 182 g/mol. The molecule has 1 saturated heterocycles. The average molecular weight is 199 g/mol. The SMILES string of the molecule is CC1(C(=O)N2CC(O)C(CO)C2)CC1. The molecular formula is C10H17NO3. The molecule has 14 heavy (non-hydrogen) atoms. The van der Waals surface area contributed by atoms with Crippen molar-refractivity contribution in [2.75, 3.05) is 19.7 Å². The third-order valence-corrected chi connectivity index (χ3v) is 3.44. The molecule has 0 aromatic rings. The number of rotatable bonds is 2. The van der Waals surface area contributed by atoms with Gasteiger partial charge in [-0.1, -0.05) is 6.92 Å². The van der Waals surface area contributed by atoms with Crippen LogP contribution >= 0.6 is 0 Å². The molecule has 2 rings (SSSR count). The molecule has 1 aliphatic heterocycles. The topological polar surface area (TPSA) is 60.8 Å². The maximum Gasteiger partial charge on any atom is 0.228 e. The van der Waals surface area contributed by atoms with Gasteiger partial charge < -0.3 is 15.1 Å². The van der Waals surface area contributed by atoms with Crippen molar-refractivity contribution in [3.63, 3.8) is 0 Å². The van der Waals surface area contributed by atoms with Gasteiger partial charge in [-0.3, -0.25) is 4.79 Å². The summed E-state index contributed by atoms with van der Waals surface area (Å²) in [4.78, 5) is 13.6. The van der Waals surface area contributed by atoms with Gasteiger partial charge in [0.2, 0.25) is 5.91 Å². The van der Waals surface area contributed by atoms with E-state index in [1.165, 1.54) is 0 Å². The van der Waals surface area contributed by atoms with Crippen molar-refractivity contribution >= 4 is 5.91 Å². The quantitative estimate of drug-likeness (QED) is 0.636. The molecule has 0 aromatic heterocycles. The Morgan fingerprint density at radius 2 is 2.14 bits per heavy atom. The van der Waals surface area contributed by atoms with Crippen molar-refractivity contribution in [3.05, 3.63) is 0 Å². The van der Waals surface area contributed by atoms with Crippen LogP contribution in [0.25, 0.3) is 0 Å². The lowest BCUT2D eigenvalue weighted by Gasteiger charge is -2.19. The zero-order valence-corrected chi connectivity index (χ0v) is 8.44. The molecule has 2 atom stereocenters. The molecule has 2 N–H and O–H groups in total. The van der Waals surface area contributed by atoms with Crippen LogP contribution in [-0.4, -0.2) is 46.8 Å². The Hall–Kier alpha value is -0.610. The molecule has 2 unspecified atom stereocenters. The van der Waals surface area contributed by atoms with Crippen LogP contribution < -0.4 is 0 Å². The fourth-order valence-electron chi connectivity index (χ4n) is 1.98. The van der Waals surface area contributed by atoms with Gasteiger partial charge in [0.15, 0.2) is 0 Å². The molecule has 2 fully saturated rings. The lowest BCUT2D eigenvalue weighted by Crippen LogP contribution is -2.35. The first-order valence-corrected chi connectivity index (χ1v) is 5.15. The van der Waals surface area contributed by atoms with E-state index in [9.17, 15) is 9.90 Å². The molecule has 2 aliphatic rings. The number of amides is 1. The minimum absolute atomic E-state index is 0.0400. The maximum atomic E-state index is 11.9. The van der Waals surface area contributed by atoms with Gasteiger partial charge in [0.05, 0.1) is 12.7 Å². The van der Waals surface area contributed by atoms with E-state index in [-0.39, 0.29) is 23.8 Å². The van der Waals surface area contributed by atoms with Crippen molar-refractivity contribution in [2.24, 2.45) is 11.3 Å². The van der Waals surface area contributed by atoms with Crippen LogP contribution in [0.1, 0.15) is 19.8 Å². The Bertz CT molecular complexity index is 250. The fraction of sp³-hybridized carbons (Fsp3) is 0.900. The molecule has 1 saturated carbocycles. The lowest BCUT2D eigenvalue weighted by atomic mass is 10.1. The first-order valence-electron chi connectivity index (χ1n) is 5.15. The molecule has 0 bridgehead atoms. The van der Waals surface area contributed by atoms with Crippen LogP contribution in [0.5, 0.6) is 0 Å². The summed E-state index contributed by atoms with van der Waals surface area (Å²) < 4.78 is 0. The summed E-state index contributed by atoms with van der Waals surface area (Å²) in [7, 11) is 0. The number of carbonyl (C=O) groups is 1. The number of nitrogens with zero attached hydrogens (tertiary/aromatic N) is 1. The first-order chi connectivity index (χ1) is 6.57. The predicted molar refractivity (Wildman–Crippen MR) is 50.5 cm³/mol. The highest BCUT2D eigenvalue weighted by Gasteiger charge is 2.49. The molecule has 4 heteroatoms. The van der Waals surface area contributed by atoms with Gasteiger partial charge in [0.1, 0.15) is 0 Å². The summed E-state index contributed by atoms with van der Waals surface area (Å²) in [6.45, 7) is 2.82. The number of β-amino-alcohol motifs (C(OH)–C–C–N with tert-alkyl or cyclic N) is 1. The van der Waals surface area contributed by atoms with Crippen LogP contribution in [0.2, 0.25) is 0 Å². The highest BCUT2D eigenvalue weighted by atomic mass is 16.3. The number of aliphatic hydroxyl groups is 2. The second-order valence-corrected chi connectivity index (χ2v) is 4.78. The zero-order chi connectivity index (χ0) is 10.3. The van der Waals surface area contributed by atoms with Crippen molar-refractivity contribution in [1.29, 1.82) is 0 Å². The highest BCUT2D eigenvalue weighted by molar-refractivity contribution is 5.85. The Morgan fingerprint density at radius 3 is 2.57 bits per heavy atom. The number of carbonyl (C=O) groups excluding carboxylic acids is 1. The first kappa shape index (κ1) is 9.93. The van der Waals surface area contributed by atoms with Crippen molar-refractivity contribution in [1.82, 2.24) is 4.90 Å². The zero-order valence-electron chi connectivity index (χ0n) is 8.44. The van der Waals surface area contributed by atoms with Gasteiger partial charge in [-0.15, -0.1) is 0 Å². The van der Waals surface area contributed by atoms with Crippen LogP contribution in [-0.2, 0) is 4.79 Å². The highest BCUT2D eigenvalue weighted by Crippen LogP contribution is 2.47. The molecule has 0 radical (unpaired) electrons. The van der Waals surface area contributed by atoms with Crippen molar-refractivity contribution in [3.8, 4) is 0 Å². The maximum absolute atomic E-state index is 11.9. The number of likely N-dealkylation sites (tertiary alicyclic amines) is 1. The van der Waals surface area contributed by atoms with Gasteiger partial charge in [-0.05, 0) is 12.8 Å². The minimum Gasteiger partial charge on any atom is -0.396 e. The monoisotopic (exact) mass is 199 g/mol. The van der Waals surface area contributed by atoms with E-state index in [2.05, 4.69) is 0 Å². The smallest absolute Gasteiger partial charge is 0.228 e. The molecule has 0 spiro atoms. The second kappa shape index (κ2) is 3.21. The van der Waals surface area contributed by atoms with Gasteiger partial charge in [0, 0.05) is 24.4 Å². The van der Waals surface area contributed by atoms with E-state index in [0.29, 0.717) is 13.1 Å². The minimum atomic E-state index is -0.550. The van der Waals surface area contributed by atoms with Crippen LogP contribution in [0.4, 0.5) is 0 Å². The summed E-state index contributed by atoms with van der Waals surface area (Å²) in [5, 5.41) is 18.5. The van der Waals surface area contributed by atoms with Gasteiger partial charge in [0.25, 0.3) is 0 Å². The lowest BCUT2D eigenvalue weighted by molar-refractivity contribution is -0.135. The van der Waals surface area contributed by atoms with Crippen LogP contribution in [0.3, 0.4) is 0 Å². The summed E-state index contributed by atoms with van der Waals surface area (Å²) in [6.07, 6.45) is 1.37. The Balaban J connectivity index is 1.97. The van der Waals surface area contributed by atoms with Crippen LogP contribution in [0, 0.1) is 11.3 Å². The summed E-state index contributed by atoms with van der Waals surface area (Å²) in [6, 6.07) is 0. The Morgan fingerprint density at radius 1 is 1.50 bits per heavy atom. The Labute approximate surface area is 83.5 Å². The predicted octanol–water partition coefficient (Wildman–Crippen LogP) is -0.402. The molecule has 1 aliphatic carbocycles. The normalized spacial score (nSPS) is 34.6. The number of hydrogen-bond acceptors (Lipinski definition) is 3. The Kier molecular flexibility index (Phi) is 2.27. The standard InChI is InChI=1S/C10H17NO3/c1-10(2-3-10)9(14)11-4-7(6-12)8(13)5-11/h7-8,12-13H,2-6H2,1H3. The fourth-order valence-corrected chi connectivity index (χ4v) is 1.98. The van der Waals surface area contributed by atoms with Crippen LogP contribution in [0.15, 0.2) is 0 Å². The van der Waals surface area contributed by atoms with E-state index in [4.69, 9.17) is 5.11 Å². The van der Waals surface area contributed by atoms with E-state index < -0.39 is 6.10 Å². The third-order valence-electron chi connectivity index (χ3n) is 3.44. The molecule has 4 nitrogen and oxygen atoms in total. The summed E-state index contributed by atoms with van der Waals surface area (Å²) >= 11 is 0. The van der Waals surface area contributed by atoms with E-state index >= 15 is 0 Å². The van der Waals surface area contributed by atoms with Gasteiger partial charge >= 0.3 is 0 Å².